The lowest BCUT2D eigenvalue weighted by molar-refractivity contribution is -0.282. The van der Waals surface area contributed by atoms with E-state index in [2.05, 4.69) is 0 Å². The van der Waals surface area contributed by atoms with Crippen LogP contribution in [0, 0.1) is 3.57 Å². The van der Waals surface area contributed by atoms with Crippen molar-refractivity contribution >= 4 is 44.2 Å². The van der Waals surface area contributed by atoms with E-state index < -0.39 is 43.2 Å². The Kier molecular flexibility index (Phi) is 5.00. The van der Waals surface area contributed by atoms with Gasteiger partial charge in [0.05, 0.1) is 11.3 Å². The highest BCUT2D eigenvalue weighted by molar-refractivity contribution is 14.1. The van der Waals surface area contributed by atoms with Gasteiger partial charge in [0.15, 0.2) is 0 Å². The molecule has 1 atom stereocenters. The molecule has 2 N–H and O–H groups in total. The summed E-state index contributed by atoms with van der Waals surface area (Å²) >= 11 is 2.34. The molecule has 0 saturated heterocycles. The third-order valence-corrected chi connectivity index (χ3v) is 4.05. The molecule has 1 nitrogen and oxygen atoms in total. The Balaban J connectivity index is 3.78. The number of halogens is 11. The van der Waals surface area contributed by atoms with Gasteiger partial charge < -0.3 is 5.73 Å². The predicted molar refractivity (Wildman–Crippen MR) is 71.3 cm³/mol. The van der Waals surface area contributed by atoms with Crippen LogP contribution in [0.4, 0.5) is 45.2 Å². The molecule has 0 aliphatic carbocycles. The maximum absolute atomic E-state index is 14.1. The Morgan fingerprint density at radius 2 is 1.36 bits per heavy atom. The molecule has 0 amide bonds. The number of nitrogens with two attached hydrogens (primary N) is 1. The minimum absolute atomic E-state index is 0.188. The van der Waals surface area contributed by atoms with Gasteiger partial charge in [-0.1, -0.05) is 0 Å². The average Bonchev–Trinajstić information content (AvgIpc) is 2.26. The SMILES string of the molecule is Nc1c(I)cc(C(F)(C(F)(F)F)C(F)(F)Br)cc1C(F)(F)F. The van der Waals surface area contributed by atoms with Crippen LogP contribution in [0.5, 0.6) is 0 Å². The van der Waals surface area contributed by atoms with E-state index >= 15 is 0 Å². The van der Waals surface area contributed by atoms with Crippen LogP contribution in [0.2, 0.25) is 0 Å². The Bertz CT molecular complexity index is 561. The Labute approximate surface area is 139 Å². The van der Waals surface area contributed by atoms with Gasteiger partial charge in [-0.3, -0.25) is 0 Å². The van der Waals surface area contributed by atoms with Crippen molar-refractivity contribution in [3.63, 3.8) is 0 Å². The molecular weight excluding hydrogens is 512 g/mol. The lowest BCUT2D eigenvalue weighted by Gasteiger charge is -2.32. The van der Waals surface area contributed by atoms with Crippen LogP contribution in [0.1, 0.15) is 11.1 Å². The fourth-order valence-corrected chi connectivity index (χ4v) is 2.62. The van der Waals surface area contributed by atoms with Gasteiger partial charge in [0.25, 0.3) is 0 Å². The predicted octanol–water partition coefficient (Wildman–Crippen LogP) is 5.61. The molecule has 126 valence electrons. The normalized spacial score (nSPS) is 16.5. The lowest BCUT2D eigenvalue weighted by Crippen LogP contribution is -2.49. The third-order valence-electron chi connectivity index (χ3n) is 2.61. The maximum Gasteiger partial charge on any atom is 0.433 e. The lowest BCUT2D eigenvalue weighted by atomic mass is 9.93. The minimum Gasteiger partial charge on any atom is -0.397 e. The molecular formula is C10H4BrF9IN. The van der Waals surface area contributed by atoms with Gasteiger partial charge in [-0.05, 0) is 50.7 Å². The Morgan fingerprint density at radius 1 is 0.909 bits per heavy atom. The second-order valence-corrected chi connectivity index (χ2v) is 6.23. The van der Waals surface area contributed by atoms with E-state index in [1.54, 1.807) is 0 Å². The van der Waals surface area contributed by atoms with E-state index in [4.69, 9.17) is 5.73 Å². The topological polar surface area (TPSA) is 26.0 Å². The van der Waals surface area contributed by atoms with Crippen LogP contribution in [0.3, 0.4) is 0 Å². The fraction of sp³-hybridized carbons (Fsp3) is 0.400. The van der Waals surface area contributed by atoms with E-state index in [0.29, 0.717) is 0 Å². The van der Waals surface area contributed by atoms with Gasteiger partial charge in [0.2, 0.25) is 0 Å². The summed E-state index contributed by atoms with van der Waals surface area (Å²) in [4.78, 5) is -5.19. The van der Waals surface area contributed by atoms with Crippen LogP contribution in [-0.2, 0) is 11.8 Å². The highest BCUT2D eigenvalue weighted by Gasteiger charge is 2.71. The smallest absolute Gasteiger partial charge is 0.397 e. The molecule has 0 bridgehead atoms. The van der Waals surface area contributed by atoms with Crippen molar-refractivity contribution < 1.29 is 39.5 Å². The molecule has 0 saturated carbocycles. The van der Waals surface area contributed by atoms with E-state index in [1.807, 2.05) is 0 Å². The number of hydrogen-bond donors (Lipinski definition) is 1. The first-order valence-electron chi connectivity index (χ1n) is 5.02. The van der Waals surface area contributed by atoms with Gasteiger partial charge in [-0.2, -0.15) is 35.1 Å². The van der Waals surface area contributed by atoms with Gasteiger partial charge >= 0.3 is 22.9 Å². The minimum atomic E-state index is -6.18. The summed E-state index contributed by atoms with van der Waals surface area (Å²) in [5.41, 5.74) is -5.03. The van der Waals surface area contributed by atoms with Gasteiger partial charge in [0, 0.05) is 9.13 Å². The summed E-state index contributed by atoms with van der Waals surface area (Å²) in [6, 6.07) is -0.187. The van der Waals surface area contributed by atoms with Crippen molar-refractivity contribution in [2.24, 2.45) is 0 Å². The van der Waals surface area contributed by atoms with Crippen molar-refractivity contribution in [2.75, 3.05) is 5.73 Å². The molecule has 0 aromatic heterocycles. The monoisotopic (exact) mass is 515 g/mol. The summed E-state index contributed by atoms with van der Waals surface area (Å²) in [7, 11) is 0. The molecule has 1 aromatic rings. The summed E-state index contributed by atoms with van der Waals surface area (Å²) in [6.45, 7) is 0. The number of anilines is 1. The van der Waals surface area contributed by atoms with E-state index in [-0.39, 0.29) is 12.1 Å². The van der Waals surface area contributed by atoms with Gasteiger partial charge in [-0.25, -0.2) is 4.39 Å². The number of nitrogen functional groups attached to an aromatic ring is 1. The maximum atomic E-state index is 14.1. The zero-order valence-corrected chi connectivity index (χ0v) is 13.6. The van der Waals surface area contributed by atoms with Crippen molar-refractivity contribution in [3.8, 4) is 0 Å². The highest BCUT2D eigenvalue weighted by Crippen LogP contribution is 2.56. The summed E-state index contributed by atoms with van der Waals surface area (Å²) < 4.78 is 116. The second-order valence-electron chi connectivity index (χ2n) is 4.07. The molecule has 0 radical (unpaired) electrons. The van der Waals surface area contributed by atoms with Crippen molar-refractivity contribution in [1.82, 2.24) is 0 Å². The number of rotatable bonds is 2. The van der Waals surface area contributed by atoms with Crippen LogP contribution in [-0.4, -0.2) is 11.0 Å². The fourth-order valence-electron chi connectivity index (χ4n) is 1.54. The van der Waals surface area contributed by atoms with Crippen LogP contribution >= 0.6 is 38.5 Å². The molecule has 0 fully saturated rings. The average molecular weight is 516 g/mol. The van der Waals surface area contributed by atoms with Crippen molar-refractivity contribution in [3.05, 3.63) is 26.8 Å². The van der Waals surface area contributed by atoms with Crippen LogP contribution in [0.25, 0.3) is 0 Å². The number of alkyl halides is 10. The quantitative estimate of drug-likeness (QED) is 0.236. The highest BCUT2D eigenvalue weighted by atomic mass is 127. The Hall–Kier alpha value is -0.400. The third kappa shape index (κ3) is 3.26. The second kappa shape index (κ2) is 5.60. The van der Waals surface area contributed by atoms with E-state index in [1.165, 1.54) is 15.9 Å². The first-order chi connectivity index (χ1) is 9.53. The number of hydrogen-bond acceptors (Lipinski definition) is 1. The summed E-state index contributed by atoms with van der Waals surface area (Å²) in [6.07, 6.45) is -11.4. The zero-order chi connectivity index (χ0) is 17.7. The van der Waals surface area contributed by atoms with Crippen molar-refractivity contribution in [2.45, 2.75) is 22.9 Å². The summed E-state index contributed by atoms with van der Waals surface area (Å²) in [5.74, 6) is 0. The summed E-state index contributed by atoms with van der Waals surface area (Å²) in [5, 5.41) is 0. The molecule has 12 heteroatoms. The van der Waals surface area contributed by atoms with Gasteiger partial charge in [0.1, 0.15) is 0 Å². The molecule has 0 heterocycles. The number of benzene rings is 1. The first-order valence-corrected chi connectivity index (χ1v) is 6.89. The van der Waals surface area contributed by atoms with Gasteiger partial charge in [-0.15, -0.1) is 0 Å². The Morgan fingerprint density at radius 3 is 1.68 bits per heavy atom. The van der Waals surface area contributed by atoms with E-state index in [9.17, 15) is 39.5 Å². The van der Waals surface area contributed by atoms with Crippen LogP contribution in [0.15, 0.2) is 12.1 Å². The molecule has 1 aromatic carbocycles. The largest absolute Gasteiger partial charge is 0.433 e. The molecule has 1 rings (SSSR count). The van der Waals surface area contributed by atoms with Crippen LogP contribution < -0.4 is 5.73 Å². The standard InChI is InChI=1S/C10H4BrF9IN/c11-9(16,17)7(12,10(18,19)20)3-1-4(8(13,14)15)6(22)5(21)2-3/h1-2H,22H2. The molecule has 0 spiro atoms. The molecule has 22 heavy (non-hydrogen) atoms. The molecule has 0 aliphatic heterocycles. The molecule has 1 unspecified atom stereocenters. The first kappa shape index (κ1) is 19.6. The molecule has 0 aliphatic rings. The van der Waals surface area contributed by atoms with Crippen molar-refractivity contribution in [1.29, 1.82) is 0 Å². The zero-order valence-electron chi connectivity index (χ0n) is 9.89. The van der Waals surface area contributed by atoms with E-state index in [0.717, 1.165) is 22.6 Å².